The zero-order chi connectivity index (χ0) is 14.2. The molecule has 1 aromatic carbocycles. The van der Waals surface area contributed by atoms with Crippen molar-refractivity contribution in [2.45, 2.75) is 38.8 Å². The molecule has 3 rings (SSSR count). The van der Waals surface area contributed by atoms with Crippen LogP contribution in [0.5, 0.6) is 11.5 Å². The van der Waals surface area contributed by atoms with Gasteiger partial charge in [-0.25, -0.2) is 0 Å². The van der Waals surface area contributed by atoms with E-state index in [1.165, 1.54) is 5.56 Å². The Bertz CT molecular complexity index is 487. The van der Waals surface area contributed by atoms with Gasteiger partial charge in [0.05, 0.1) is 6.61 Å². The van der Waals surface area contributed by atoms with Crippen LogP contribution in [0, 0.1) is 0 Å². The van der Waals surface area contributed by atoms with Gasteiger partial charge in [-0.15, -0.1) is 0 Å². The highest BCUT2D eigenvalue weighted by Gasteiger charge is 2.34. The molecule has 4 nitrogen and oxygen atoms in total. The van der Waals surface area contributed by atoms with Gasteiger partial charge in [-0.1, -0.05) is 13.0 Å². The number of hydrogen-bond donors (Lipinski definition) is 0. The van der Waals surface area contributed by atoms with E-state index in [4.69, 9.17) is 14.2 Å². The first-order valence-corrected chi connectivity index (χ1v) is 7.38. The molecule has 110 valence electrons. The second-order valence-electron chi connectivity index (χ2n) is 5.96. The zero-order valence-electron chi connectivity index (χ0n) is 12.5. The average Bonchev–Trinajstić information content (AvgIpc) is 3.01. The molecule has 2 aliphatic heterocycles. The van der Waals surface area contributed by atoms with Gasteiger partial charge in [0.15, 0.2) is 11.5 Å². The van der Waals surface area contributed by atoms with Crippen molar-refractivity contribution in [3.63, 3.8) is 0 Å². The summed E-state index contributed by atoms with van der Waals surface area (Å²) in [6.45, 7) is 9.71. The maximum Gasteiger partial charge on any atom is 0.231 e. The highest BCUT2D eigenvalue weighted by Crippen LogP contribution is 2.36. The summed E-state index contributed by atoms with van der Waals surface area (Å²) in [6.07, 6.45) is 1.10. The Kier molecular flexibility index (Phi) is 3.61. The number of ether oxygens (including phenoxy) is 3. The summed E-state index contributed by atoms with van der Waals surface area (Å²) in [5, 5.41) is 0. The Morgan fingerprint density at radius 2 is 2.05 bits per heavy atom. The van der Waals surface area contributed by atoms with Crippen molar-refractivity contribution in [2.75, 3.05) is 26.5 Å². The maximum atomic E-state index is 5.79. The Morgan fingerprint density at radius 3 is 2.75 bits per heavy atom. The van der Waals surface area contributed by atoms with Crippen molar-refractivity contribution < 1.29 is 14.2 Å². The minimum Gasteiger partial charge on any atom is -0.454 e. The molecule has 0 amide bonds. The molecule has 0 radical (unpaired) electrons. The normalized spacial score (nSPS) is 22.1. The van der Waals surface area contributed by atoms with E-state index in [0.717, 1.165) is 37.6 Å². The largest absolute Gasteiger partial charge is 0.454 e. The van der Waals surface area contributed by atoms with Gasteiger partial charge in [0.25, 0.3) is 0 Å². The van der Waals surface area contributed by atoms with E-state index in [9.17, 15) is 0 Å². The Morgan fingerprint density at radius 1 is 1.25 bits per heavy atom. The van der Waals surface area contributed by atoms with Crippen LogP contribution in [0.15, 0.2) is 18.2 Å². The molecule has 0 aromatic heterocycles. The monoisotopic (exact) mass is 277 g/mol. The van der Waals surface area contributed by atoms with Crippen molar-refractivity contribution in [3.05, 3.63) is 23.8 Å². The molecule has 2 heterocycles. The molecule has 0 spiro atoms. The van der Waals surface area contributed by atoms with Crippen molar-refractivity contribution in [2.24, 2.45) is 0 Å². The molecular formula is C16H23NO3. The van der Waals surface area contributed by atoms with E-state index in [1.807, 2.05) is 6.07 Å². The summed E-state index contributed by atoms with van der Waals surface area (Å²) in [6, 6.07) is 6.30. The predicted octanol–water partition coefficient (Wildman–Crippen LogP) is 2.98. The molecule has 4 heteroatoms. The Hall–Kier alpha value is -1.26. The summed E-state index contributed by atoms with van der Waals surface area (Å²) >= 11 is 0. The second kappa shape index (κ2) is 5.26. The number of benzene rings is 1. The third-order valence-electron chi connectivity index (χ3n) is 4.38. The van der Waals surface area contributed by atoms with Gasteiger partial charge in [-0.2, -0.15) is 0 Å². The summed E-state index contributed by atoms with van der Waals surface area (Å²) < 4.78 is 16.7. The van der Waals surface area contributed by atoms with Gasteiger partial charge in [0, 0.05) is 13.1 Å². The number of rotatable bonds is 4. The molecule has 20 heavy (non-hydrogen) atoms. The van der Waals surface area contributed by atoms with Crippen molar-refractivity contribution in [1.82, 2.24) is 4.90 Å². The van der Waals surface area contributed by atoms with Gasteiger partial charge in [0.1, 0.15) is 5.72 Å². The van der Waals surface area contributed by atoms with Crippen LogP contribution in [0.4, 0.5) is 0 Å². The van der Waals surface area contributed by atoms with E-state index in [-0.39, 0.29) is 5.72 Å². The fourth-order valence-electron chi connectivity index (χ4n) is 2.98. The minimum atomic E-state index is -0.149. The summed E-state index contributed by atoms with van der Waals surface area (Å²) in [7, 11) is 0. The minimum absolute atomic E-state index is 0.149. The van der Waals surface area contributed by atoms with E-state index in [2.05, 4.69) is 37.8 Å². The van der Waals surface area contributed by atoms with Gasteiger partial charge >= 0.3 is 0 Å². The number of fused-ring (bicyclic) bond motifs is 1. The fourth-order valence-corrected chi connectivity index (χ4v) is 2.98. The summed E-state index contributed by atoms with van der Waals surface area (Å²) in [5.41, 5.74) is 1.17. The van der Waals surface area contributed by atoms with E-state index >= 15 is 0 Å². The second-order valence-corrected chi connectivity index (χ2v) is 5.96. The third-order valence-corrected chi connectivity index (χ3v) is 4.38. The smallest absolute Gasteiger partial charge is 0.231 e. The van der Waals surface area contributed by atoms with E-state index < -0.39 is 0 Å². The highest BCUT2D eigenvalue weighted by atomic mass is 16.7. The van der Waals surface area contributed by atoms with E-state index in [1.54, 1.807) is 0 Å². The van der Waals surface area contributed by atoms with Crippen molar-refractivity contribution in [1.29, 1.82) is 0 Å². The quantitative estimate of drug-likeness (QED) is 0.846. The van der Waals surface area contributed by atoms with Crippen LogP contribution in [-0.2, 0) is 4.74 Å². The molecule has 1 fully saturated rings. The molecule has 0 bridgehead atoms. The first kappa shape index (κ1) is 13.7. The molecule has 0 aliphatic carbocycles. The molecule has 1 aromatic rings. The number of nitrogens with zero attached hydrogens (tertiary/aromatic N) is 1. The highest BCUT2D eigenvalue weighted by molar-refractivity contribution is 5.45. The molecule has 0 N–H and O–H groups in total. The van der Waals surface area contributed by atoms with Crippen LogP contribution in [0.2, 0.25) is 0 Å². The Labute approximate surface area is 120 Å². The Balaban J connectivity index is 1.76. The third kappa shape index (κ3) is 2.50. The predicted molar refractivity (Wildman–Crippen MR) is 77.2 cm³/mol. The molecule has 0 saturated carbocycles. The lowest BCUT2D eigenvalue weighted by Crippen LogP contribution is -2.41. The molecule has 1 unspecified atom stereocenters. The lowest BCUT2D eigenvalue weighted by atomic mass is 9.95. The van der Waals surface area contributed by atoms with Crippen LogP contribution in [0.3, 0.4) is 0 Å². The zero-order valence-corrected chi connectivity index (χ0v) is 12.5. The van der Waals surface area contributed by atoms with Crippen LogP contribution in [-0.4, -0.2) is 37.1 Å². The van der Waals surface area contributed by atoms with Gasteiger partial charge < -0.3 is 14.2 Å². The van der Waals surface area contributed by atoms with Gasteiger partial charge in [-0.05, 0) is 43.9 Å². The average molecular weight is 277 g/mol. The lowest BCUT2D eigenvalue weighted by molar-refractivity contribution is -0.0521. The standard InChI is InChI=1S/C16H23NO3/c1-4-12(10-17-7-8-20-16(17,2)3)13-5-6-14-15(9-13)19-11-18-14/h5-6,9,12H,4,7-8,10-11H2,1-3H3. The molecular weight excluding hydrogens is 254 g/mol. The van der Waals surface area contributed by atoms with E-state index in [0.29, 0.717) is 12.7 Å². The maximum absolute atomic E-state index is 5.79. The first-order valence-electron chi connectivity index (χ1n) is 7.38. The molecule has 1 atom stereocenters. The number of hydrogen-bond acceptors (Lipinski definition) is 4. The van der Waals surface area contributed by atoms with Crippen LogP contribution < -0.4 is 9.47 Å². The van der Waals surface area contributed by atoms with Gasteiger partial charge in [-0.3, -0.25) is 4.90 Å². The van der Waals surface area contributed by atoms with Crippen LogP contribution in [0.25, 0.3) is 0 Å². The van der Waals surface area contributed by atoms with Crippen molar-refractivity contribution >= 4 is 0 Å². The molecule has 2 aliphatic rings. The SMILES string of the molecule is CCC(CN1CCOC1(C)C)c1ccc2c(c1)OCO2. The van der Waals surface area contributed by atoms with Crippen molar-refractivity contribution in [3.8, 4) is 11.5 Å². The van der Waals surface area contributed by atoms with Gasteiger partial charge in [0.2, 0.25) is 6.79 Å². The summed E-state index contributed by atoms with van der Waals surface area (Å²) in [5.74, 6) is 2.22. The lowest BCUT2D eigenvalue weighted by Gasteiger charge is -2.33. The first-order chi connectivity index (χ1) is 9.60. The van der Waals surface area contributed by atoms with Crippen LogP contribution in [0.1, 0.15) is 38.7 Å². The molecule has 1 saturated heterocycles. The fraction of sp³-hybridized carbons (Fsp3) is 0.625. The summed E-state index contributed by atoms with van der Waals surface area (Å²) in [4.78, 5) is 2.42. The van der Waals surface area contributed by atoms with Crippen LogP contribution >= 0.6 is 0 Å². The topological polar surface area (TPSA) is 30.9 Å².